The van der Waals surface area contributed by atoms with Gasteiger partial charge in [0.15, 0.2) is 0 Å². The lowest BCUT2D eigenvalue weighted by atomic mass is 9.97. The van der Waals surface area contributed by atoms with Crippen LogP contribution in [0.1, 0.15) is 59.9 Å². The van der Waals surface area contributed by atoms with Gasteiger partial charge in [-0.1, -0.05) is 25.5 Å². The van der Waals surface area contributed by atoms with Crippen molar-refractivity contribution in [2.75, 3.05) is 4.90 Å². The summed E-state index contributed by atoms with van der Waals surface area (Å²) in [5.41, 5.74) is 0.684. The zero-order chi connectivity index (χ0) is 18.8. The molecule has 0 unspecified atom stereocenters. The molecule has 0 atom stereocenters. The number of nitrogens with zero attached hydrogens (tertiary/aromatic N) is 1. The van der Waals surface area contributed by atoms with Gasteiger partial charge in [0.05, 0.1) is 11.3 Å². The fraction of sp³-hybridized carbons (Fsp3) is 0.500. The van der Waals surface area contributed by atoms with Crippen molar-refractivity contribution in [3.63, 3.8) is 0 Å². The van der Waals surface area contributed by atoms with Crippen molar-refractivity contribution in [1.82, 2.24) is 0 Å². The van der Waals surface area contributed by atoms with Gasteiger partial charge in [-0.15, -0.1) is 0 Å². The molecule has 0 N–H and O–H groups in total. The minimum atomic E-state index is -0.727. The van der Waals surface area contributed by atoms with Crippen LogP contribution in [0.4, 0.5) is 5.69 Å². The first-order valence-corrected chi connectivity index (χ1v) is 8.61. The maximum atomic E-state index is 12.2. The van der Waals surface area contributed by atoms with E-state index in [9.17, 15) is 9.59 Å². The number of carbonyl (C=O) groups excluding carboxylic acids is 2. The summed E-state index contributed by atoms with van der Waals surface area (Å²) in [7, 11) is 0. The highest BCUT2D eigenvalue weighted by molar-refractivity contribution is 6.30. The molecule has 0 aliphatic carbocycles. The van der Waals surface area contributed by atoms with Gasteiger partial charge in [0, 0.05) is 11.6 Å². The van der Waals surface area contributed by atoms with E-state index >= 15 is 0 Å². The first kappa shape index (κ1) is 19.3. The van der Waals surface area contributed by atoms with E-state index in [2.05, 4.69) is 6.92 Å². The van der Waals surface area contributed by atoms with Crippen LogP contribution >= 0.6 is 0 Å². The van der Waals surface area contributed by atoms with Gasteiger partial charge in [-0.05, 0) is 58.7 Å². The second-order valence-corrected chi connectivity index (χ2v) is 7.54. The Morgan fingerprint density at radius 3 is 2.32 bits per heavy atom. The fourth-order valence-corrected chi connectivity index (χ4v) is 2.76. The molecule has 1 heterocycles. The standard InChI is InChI=1S/C20H27NO4/c1-7-11-19(3,4)24-25-20(5,6)15-9-8-10-16(13-15)21-17(22)12-14(2)18(21)23/h8-10,12-13H,7,11H2,1-6H3. The summed E-state index contributed by atoms with van der Waals surface area (Å²) >= 11 is 0. The van der Waals surface area contributed by atoms with Gasteiger partial charge < -0.3 is 0 Å². The number of hydrogen-bond acceptors (Lipinski definition) is 4. The highest BCUT2D eigenvalue weighted by Crippen LogP contribution is 2.32. The number of benzene rings is 1. The maximum Gasteiger partial charge on any atom is 0.261 e. The molecule has 1 aliphatic rings. The molecular weight excluding hydrogens is 318 g/mol. The van der Waals surface area contributed by atoms with Crippen LogP contribution in [0.25, 0.3) is 0 Å². The average Bonchev–Trinajstić information content (AvgIpc) is 2.78. The Bertz CT molecular complexity index is 703. The molecule has 0 saturated heterocycles. The maximum absolute atomic E-state index is 12.2. The van der Waals surface area contributed by atoms with Crippen LogP contribution in [0.15, 0.2) is 35.9 Å². The SMILES string of the molecule is CCCC(C)(C)OOC(C)(C)c1cccc(N2C(=O)C=C(C)C2=O)c1. The largest absolute Gasteiger partial charge is 0.269 e. The van der Waals surface area contributed by atoms with Gasteiger partial charge in [-0.3, -0.25) is 9.59 Å². The molecular formula is C20H27NO4. The first-order chi connectivity index (χ1) is 11.6. The lowest BCUT2D eigenvalue weighted by molar-refractivity contribution is -0.406. The summed E-state index contributed by atoms with van der Waals surface area (Å²) in [5.74, 6) is -0.611. The van der Waals surface area contributed by atoms with E-state index < -0.39 is 5.60 Å². The Labute approximate surface area is 149 Å². The molecule has 0 aromatic heterocycles. The van der Waals surface area contributed by atoms with Crippen LogP contribution in [-0.4, -0.2) is 17.4 Å². The van der Waals surface area contributed by atoms with E-state index in [0.717, 1.165) is 18.4 Å². The van der Waals surface area contributed by atoms with Crippen molar-refractivity contribution in [1.29, 1.82) is 0 Å². The van der Waals surface area contributed by atoms with Crippen LogP contribution in [-0.2, 0) is 25.0 Å². The molecule has 1 aromatic carbocycles. The molecule has 2 rings (SSSR count). The Morgan fingerprint density at radius 1 is 1.08 bits per heavy atom. The van der Waals surface area contributed by atoms with Crippen molar-refractivity contribution in [2.24, 2.45) is 0 Å². The molecule has 0 fully saturated rings. The minimum Gasteiger partial charge on any atom is -0.269 e. The fourth-order valence-electron chi connectivity index (χ4n) is 2.76. The normalized spacial score (nSPS) is 15.8. The van der Waals surface area contributed by atoms with Crippen molar-refractivity contribution in [2.45, 2.75) is 65.6 Å². The van der Waals surface area contributed by atoms with Gasteiger partial charge in [0.1, 0.15) is 5.60 Å². The zero-order valence-corrected chi connectivity index (χ0v) is 15.9. The third kappa shape index (κ3) is 4.35. The minimum absolute atomic E-state index is 0.291. The van der Waals surface area contributed by atoms with Gasteiger partial charge in [-0.25, -0.2) is 14.7 Å². The van der Waals surface area contributed by atoms with E-state index in [1.807, 2.05) is 33.8 Å². The Hall–Kier alpha value is -1.98. The molecule has 5 heteroatoms. The second-order valence-electron chi connectivity index (χ2n) is 7.54. The lowest BCUT2D eigenvalue weighted by Gasteiger charge is -2.31. The number of rotatable bonds is 7. The third-order valence-corrected chi connectivity index (χ3v) is 4.23. The molecule has 136 valence electrons. The predicted molar refractivity (Wildman–Crippen MR) is 96.9 cm³/mol. The van der Waals surface area contributed by atoms with Crippen molar-refractivity contribution >= 4 is 17.5 Å². The number of anilines is 1. The van der Waals surface area contributed by atoms with Gasteiger partial charge >= 0.3 is 0 Å². The van der Waals surface area contributed by atoms with Crippen LogP contribution in [0.3, 0.4) is 0 Å². The molecule has 0 spiro atoms. The summed E-state index contributed by atoms with van der Waals surface area (Å²) in [6.07, 6.45) is 3.23. The van der Waals surface area contributed by atoms with Crippen molar-refractivity contribution < 1.29 is 19.4 Å². The van der Waals surface area contributed by atoms with Crippen LogP contribution < -0.4 is 4.90 Å². The molecule has 2 amide bonds. The highest BCUT2D eigenvalue weighted by atomic mass is 17.2. The first-order valence-electron chi connectivity index (χ1n) is 8.61. The quantitative estimate of drug-likeness (QED) is 0.421. The third-order valence-electron chi connectivity index (χ3n) is 4.23. The Kier molecular flexibility index (Phi) is 5.49. The summed E-state index contributed by atoms with van der Waals surface area (Å²) in [6.45, 7) is 11.5. The molecule has 0 bridgehead atoms. The summed E-state index contributed by atoms with van der Waals surface area (Å²) in [5, 5.41) is 0. The number of amides is 2. The molecule has 0 saturated carbocycles. The summed E-state index contributed by atoms with van der Waals surface area (Å²) < 4.78 is 0. The van der Waals surface area contributed by atoms with Crippen LogP contribution in [0, 0.1) is 0 Å². The topological polar surface area (TPSA) is 55.8 Å². The van der Waals surface area contributed by atoms with E-state index in [1.165, 1.54) is 11.0 Å². The molecule has 1 aromatic rings. The van der Waals surface area contributed by atoms with Crippen molar-refractivity contribution in [3.8, 4) is 0 Å². The van der Waals surface area contributed by atoms with Gasteiger partial charge in [0.25, 0.3) is 11.8 Å². The van der Waals surface area contributed by atoms with E-state index in [-0.39, 0.29) is 17.4 Å². The van der Waals surface area contributed by atoms with E-state index in [4.69, 9.17) is 9.78 Å². The Balaban J connectivity index is 2.20. The van der Waals surface area contributed by atoms with Crippen LogP contribution in [0.2, 0.25) is 0 Å². The Morgan fingerprint density at radius 2 is 1.76 bits per heavy atom. The zero-order valence-electron chi connectivity index (χ0n) is 15.9. The number of carbonyl (C=O) groups is 2. The molecule has 25 heavy (non-hydrogen) atoms. The molecule has 1 aliphatic heterocycles. The monoisotopic (exact) mass is 345 g/mol. The lowest BCUT2D eigenvalue weighted by Crippen LogP contribution is -2.32. The molecule has 5 nitrogen and oxygen atoms in total. The van der Waals surface area contributed by atoms with Crippen LogP contribution in [0.5, 0.6) is 0 Å². The van der Waals surface area contributed by atoms with Gasteiger partial charge in [-0.2, -0.15) is 0 Å². The number of hydrogen-bond donors (Lipinski definition) is 0. The predicted octanol–water partition coefficient (Wildman–Crippen LogP) is 4.27. The average molecular weight is 345 g/mol. The molecule has 0 radical (unpaired) electrons. The highest BCUT2D eigenvalue weighted by Gasteiger charge is 2.32. The summed E-state index contributed by atoms with van der Waals surface area (Å²) in [4.78, 5) is 36.8. The smallest absolute Gasteiger partial charge is 0.261 e. The summed E-state index contributed by atoms with van der Waals surface area (Å²) in [6, 6.07) is 7.23. The van der Waals surface area contributed by atoms with E-state index in [1.54, 1.807) is 25.1 Å². The number of imide groups is 1. The van der Waals surface area contributed by atoms with E-state index in [0.29, 0.717) is 11.3 Å². The van der Waals surface area contributed by atoms with Crippen molar-refractivity contribution in [3.05, 3.63) is 41.5 Å². The second kappa shape index (κ2) is 7.10. The van der Waals surface area contributed by atoms with Gasteiger partial charge in [0.2, 0.25) is 0 Å².